The highest BCUT2D eigenvalue weighted by atomic mass is 16.5. The lowest BCUT2D eigenvalue weighted by molar-refractivity contribution is -0.108. The predicted octanol–water partition coefficient (Wildman–Crippen LogP) is 1.52. The SMILES string of the molecule is CN(CC=O)CCc1ccc2c(c1)OCCCO2. The van der Waals surface area contributed by atoms with E-state index in [1.54, 1.807) is 0 Å². The standard InChI is InChI=1S/C14H19NO3/c1-15(7-8-16)6-5-12-3-4-13-14(11-12)18-10-2-9-17-13/h3-4,8,11H,2,5-7,9-10H2,1H3. The van der Waals surface area contributed by atoms with Crippen LogP contribution in [0.3, 0.4) is 0 Å². The molecule has 0 radical (unpaired) electrons. The first-order valence-electron chi connectivity index (χ1n) is 6.30. The fourth-order valence-corrected chi connectivity index (χ4v) is 1.90. The normalized spacial score (nSPS) is 14.3. The molecule has 4 nitrogen and oxygen atoms in total. The number of benzene rings is 1. The molecule has 0 bridgehead atoms. The lowest BCUT2D eigenvalue weighted by Crippen LogP contribution is -2.23. The molecule has 0 spiro atoms. The number of carbonyl (C=O) groups excluding carboxylic acids is 1. The minimum atomic E-state index is 0.477. The van der Waals surface area contributed by atoms with E-state index in [1.165, 1.54) is 5.56 Å². The Hall–Kier alpha value is -1.55. The summed E-state index contributed by atoms with van der Waals surface area (Å²) in [6.45, 7) is 2.76. The van der Waals surface area contributed by atoms with Gasteiger partial charge in [0.2, 0.25) is 0 Å². The van der Waals surface area contributed by atoms with Crippen molar-refractivity contribution in [3.8, 4) is 11.5 Å². The van der Waals surface area contributed by atoms with Crippen LogP contribution in [0, 0.1) is 0 Å². The smallest absolute Gasteiger partial charge is 0.161 e. The van der Waals surface area contributed by atoms with E-state index in [4.69, 9.17) is 9.47 Å². The zero-order chi connectivity index (χ0) is 12.8. The van der Waals surface area contributed by atoms with Crippen molar-refractivity contribution in [1.82, 2.24) is 4.90 Å². The molecule has 1 heterocycles. The van der Waals surface area contributed by atoms with Gasteiger partial charge in [-0.2, -0.15) is 0 Å². The fourth-order valence-electron chi connectivity index (χ4n) is 1.90. The van der Waals surface area contributed by atoms with Crippen LogP contribution in [0.2, 0.25) is 0 Å². The molecule has 1 aromatic rings. The highest BCUT2D eigenvalue weighted by Gasteiger charge is 2.10. The van der Waals surface area contributed by atoms with E-state index in [1.807, 2.05) is 24.1 Å². The molecule has 2 rings (SSSR count). The number of aldehydes is 1. The molecule has 0 unspecified atom stereocenters. The third-order valence-electron chi connectivity index (χ3n) is 2.98. The van der Waals surface area contributed by atoms with Crippen LogP contribution < -0.4 is 9.47 Å². The minimum absolute atomic E-state index is 0.477. The number of nitrogens with zero attached hydrogens (tertiary/aromatic N) is 1. The summed E-state index contributed by atoms with van der Waals surface area (Å²) in [6.07, 6.45) is 2.75. The van der Waals surface area contributed by atoms with Crippen LogP contribution in [-0.4, -0.2) is 44.5 Å². The molecular formula is C14H19NO3. The summed E-state index contributed by atoms with van der Waals surface area (Å²) in [5, 5.41) is 0. The quantitative estimate of drug-likeness (QED) is 0.742. The summed E-state index contributed by atoms with van der Waals surface area (Å²) in [5.74, 6) is 1.67. The van der Waals surface area contributed by atoms with Crippen molar-refractivity contribution >= 4 is 6.29 Å². The van der Waals surface area contributed by atoms with Gasteiger partial charge in [0.05, 0.1) is 19.8 Å². The Bertz CT molecular complexity index is 406. The fraction of sp³-hybridized carbons (Fsp3) is 0.500. The molecule has 0 aliphatic carbocycles. The molecule has 0 fully saturated rings. The van der Waals surface area contributed by atoms with Gasteiger partial charge in [0.1, 0.15) is 6.29 Å². The second kappa shape index (κ2) is 6.40. The van der Waals surface area contributed by atoms with E-state index < -0.39 is 0 Å². The largest absolute Gasteiger partial charge is 0.490 e. The monoisotopic (exact) mass is 249 g/mol. The Morgan fingerprint density at radius 2 is 2.06 bits per heavy atom. The molecule has 0 saturated carbocycles. The molecule has 0 aromatic heterocycles. The second-order valence-corrected chi connectivity index (χ2v) is 4.51. The third-order valence-corrected chi connectivity index (χ3v) is 2.98. The van der Waals surface area contributed by atoms with Gasteiger partial charge in [-0.05, 0) is 31.2 Å². The summed E-state index contributed by atoms with van der Waals surface area (Å²) >= 11 is 0. The summed E-state index contributed by atoms with van der Waals surface area (Å²) < 4.78 is 11.2. The van der Waals surface area contributed by atoms with Crippen LogP contribution in [-0.2, 0) is 11.2 Å². The van der Waals surface area contributed by atoms with Crippen molar-refractivity contribution in [3.05, 3.63) is 23.8 Å². The third kappa shape index (κ3) is 3.47. The van der Waals surface area contributed by atoms with Crippen LogP contribution in [0.1, 0.15) is 12.0 Å². The first kappa shape index (κ1) is 12.9. The van der Waals surface area contributed by atoms with E-state index in [2.05, 4.69) is 6.07 Å². The minimum Gasteiger partial charge on any atom is -0.490 e. The number of carbonyl (C=O) groups is 1. The first-order valence-corrected chi connectivity index (χ1v) is 6.30. The van der Waals surface area contributed by atoms with Crippen molar-refractivity contribution in [2.45, 2.75) is 12.8 Å². The van der Waals surface area contributed by atoms with Gasteiger partial charge in [-0.1, -0.05) is 6.07 Å². The predicted molar refractivity (Wildman–Crippen MR) is 69.3 cm³/mol. The molecule has 0 atom stereocenters. The zero-order valence-corrected chi connectivity index (χ0v) is 10.7. The van der Waals surface area contributed by atoms with Gasteiger partial charge in [-0.3, -0.25) is 4.90 Å². The van der Waals surface area contributed by atoms with Crippen molar-refractivity contribution in [1.29, 1.82) is 0 Å². The first-order chi connectivity index (χ1) is 8.79. The number of rotatable bonds is 5. The number of likely N-dealkylation sites (N-methyl/N-ethyl adjacent to an activating group) is 1. The molecule has 0 N–H and O–H groups in total. The lowest BCUT2D eigenvalue weighted by Gasteiger charge is -2.14. The maximum atomic E-state index is 10.4. The Morgan fingerprint density at radius 1 is 1.28 bits per heavy atom. The average Bonchev–Trinajstić information content (AvgIpc) is 2.61. The molecular weight excluding hydrogens is 230 g/mol. The second-order valence-electron chi connectivity index (χ2n) is 4.51. The molecule has 98 valence electrons. The number of ether oxygens (including phenoxy) is 2. The van der Waals surface area contributed by atoms with Gasteiger partial charge in [-0.15, -0.1) is 0 Å². The van der Waals surface area contributed by atoms with E-state index in [0.29, 0.717) is 19.8 Å². The zero-order valence-electron chi connectivity index (χ0n) is 10.7. The molecule has 4 heteroatoms. The molecule has 18 heavy (non-hydrogen) atoms. The van der Waals surface area contributed by atoms with Crippen LogP contribution in [0.15, 0.2) is 18.2 Å². The Balaban J connectivity index is 1.97. The van der Waals surface area contributed by atoms with Crippen LogP contribution in [0.4, 0.5) is 0 Å². The van der Waals surface area contributed by atoms with E-state index >= 15 is 0 Å². The summed E-state index contributed by atoms with van der Waals surface area (Å²) in [4.78, 5) is 12.4. The van der Waals surface area contributed by atoms with Crippen LogP contribution in [0.25, 0.3) is 0 Å². The average molecular weight is 249 g/mol. The molecule has 1 aliphatic heterocycles. The van der Waals surface area contributed by atoms with Gasteiger partial charge in [-0.25, -0.2) is 0 Å². The highest BCUT2D eigenvalue weighted by molar-refractivity contribution is 5.51. The van der Waals surface area contributed by atoms with Crippen molar-refractivity contribution in [2.75, 3.05) is 33.4 Å². The summed E-state index contributed by atoms with van der Waals surface area (Å²) in [6, 6.07) is 6.06. The highest BCUT2D eigenvalue weighted by Crippen LogP contribution is 2.30. The summed E-state index contributed by atoms with van der Waals surface area (Å²) in [7, 11) is 1.94. The Morgan fingerprint density at radius 3 is 2.83 bits per heavy atom. The summed E-state index contributed by atoms with van der Waals surface area (Å²) in [5.41, 5.74) is 1.21. The van der Waals surface area contributed by atoms with Crippen molar-refractivity contribution in [3.63, 3.8) is 0 Å². The molecule has 1 aliphatic rings. The van der Waals surface area contributed by atoms with Gasteiger partial charge >= 0.3 is 0 Å². The lowest BCUT2D eigenvalue weighted by atomic mass is 10.1. The molecule has 1 aromatic carbocycles. The van der Waals surface area contributed by atoms with Gasteiger partial charge in [0.15, 0.2) is 11.5 Å². The van der Waals surface area contributed by atoms with Gasteiger partial charge in [0, 0.05) is 13.0 Å². The van der Waals surface area contributed by atoms with Gasteiger partial charge in [0.25, 0.3) is 0 Å². The number of fused-ring (bicyclic) bond motifs is 1. The maximum Gasteiger partial charge on any atom is 0.161 e. The molecule has 0 saturated heterocycles. The van der Waals surface area contributed by atoms with Crippen LogP contribution in [0.5, 0.6) is 11.5 Å². The Kier molecular flexibility index (Phi) is 4.59. The van der Waals surface area contributed by atoms with E-state index in [9.17, 15) is 4.79 Å². The van der Waals surface area contributed by atoms with E-state index in [-0.39, 0.29) is 0 Å². The van der Waals surface area contributed by atoms with Crippen molar-refractivity contribution < 1.29 is 14.3 Å². The van der Waals surface area contributed by atoms with Crippen LogP contribution >= 0.6 is 0 Å². The van der Waals surface area contributed by atoms with Gasteiger partial charge < -0.3 is 14.3 Å². The molecule has 0 amide bonds. The number of hydrogen-bond donors (Lipinski definition) is 0. The van der Waals surface area contributed by atoms with Crippen molar-refractivity contribution in [2.24, 2.45) is 0 Å². The van der Waals surface area contributed by atoms with E-state index in [0.717, 1.165) is 37.2 Å². The topological polar surface area (TPSA) is 38.8 Å². The maximum absolute atomic E-state index is 10.4. The number of hydrogen-bond acceptors (Lipinski definition) is 4. The Labute approximate surface area is 107 Å².